The molecule has 8 nitrogen and oxygen atoms in total. The van der Waals surface area contributed by atoms with E-state index in [4.69, 9.17) is 14.6 Å². The van der Waals surface area contributed by atoms with Crippen molar-refractivity contribution in [3.8, 4) is 5.75 Å². The quantitative estimate of drug-likeness (QED) is 0.628. The molecular formula is C22H26N2O6S. The monoisotopic (exact) mass is 446 g/mol. The zero-order valence-electron chi connectivity index (χ0n) is 17.6. The van der Waals surface area contributed by atoms with Gasteiger partial charge in [-0.25, -0.2) is 18.4 Å². The molecule has 0 saturated heterocycles. The summed E-state index contributed by atoms with van der Waals surface area (Å²) in [6.07, 6.45) is -0.541. The van der Waals surface area contributed by atoms with Crippen molar-refractivity contribution >= 4 is 21.9 Å². The van der Waals surface area contributed by atoms with Gasteiger partial charge in [-0.05, 0) is 44.0 Å². The average molecular weight is 447 g/mol. The summed E-state index contributed by atoms with van der Waals surface area (Å²) < 4.78 is 33.7. The lowest BCUT2D eigenvalue weighted by Crippen LogP contribution is -2.37. The van der Waals surface area contributed by atoms with Gasteiger partial charge in [0.15, 0.2) is 6.10 Å². The summed E-state index contributed by atoms with van der Waals surface area (Å²) >= 11 is 0. The minimum Gasteiger partial charge on any atom is -0.489 e. The average Bonchev–Trinajstić information content (AvgIpc) is 3.01. The minimum atomic E-state index is -3.74. The first kappa shape index (κ1) is 22.8. The Morgan fingerprint density at radius 1 is 1.16 bits per heavy atom. The summed E-state index contributed by atoms with van der Waals surface area (Å²) in [5.74, 6) is -0.352. The van der Waals surface area contributed by atoms with Gasteiger partial charge in [0.05, 0.1) is 4.90 Å². The van der Waals surface area contributed by atoms with Gasteiger partial charge in [0, 0.05) is 18.0 Å². The molecule has 0 spiro atoms. The molecule has 0 bridgehead atoms. The molecule has 3 atom stereocenters. The molecule has 3 N–H and O–H groups in total. The standard InChI is InChI=1S/C22H26N2O6S/c1-13-14(2)29-20-18(13)5-4-6-19(20)22(26)30-15(3)21(25)24-12-11-16-7-9-17(10-8-16)31(23,27)28/h4-10,13-15H,11-12H2,1-3H3,(H,24,25)(H2,23,27,28)/t13-,14-,15-/m0/s1. The van der Waals surface area contributed by atoms with Crippen LogP contribution < -0.4 is 15.2 Å². The first-order valence-corrected chi connectivity index (χ1v) is 11.5. The molecular weight excluding hydrogens is 420 g/mol. The number of hydrogen-bond acceptors (Lipinski definition) is 6. The zero-order chi connectivity index (χ0) is 22.8. The van der Waals surface area contributed by atoms with Crippen LogP contribution in [0.5, 0.6) is 5.75 Å². The number of nitrogens with two attached hydrogens (primary N) is 1. The molecule has 3 rings (SSSR count). The summed E-state index contributed by atoms with van der Waals surface area (Å²) in [6.45, 7) is 5.78. The SMILES string of the molecule is C[C@H](OC(=O)c1cccc2c1O[C@@H](C)[C@@H]2C)C(=O)NCCc1ccc(S(N)(=O)=O)cc1. The van der Waals surface area contributed by atoms with Crippen LogP contribution >= 0.6 is 0 Å². The van der Waals surface area contributed by atoms with E-state index in [0.29, 0.717) is 24.3 Å². The molecule has 1 amide bonds. The summed E-state index contributed by atoms with van der Waals surface area (Å²) in [5.41, 5.74) is 2.09. The van der Waals surface area contributed by atoms with E-state index in [9.17, 15) is 18.0 Å². The van der Waals surface area contributed by atoms with Crippen LogP contribution in [0.4, 0.5) is 0 Å². The van der Waals surface area contributed by atoms with E-state index in [1.54, 1.807) is 24.3 Å². The minimum absolute atomic E-state index is 0.0287. The lowest BCUT2D eigenvalue weighted by molar-refractivity contribution is -0.129. The number of amides is 1. The maximum atomic E-state index is 12.6. The van der Waals surface area contributed by atoms with Crippen LogP contribution in [0.25, 0.3) is 0 Å². The highest BCUT2D eigenvalue weighted by atomic mass is 32.2. The van der Waals surface area contributed by atoms with E-state index < -0.39 is 28.0 Å². The Kier molecular flexibility index (Phi) is 6.66. The van der Waals surface area contributed by atoms with Gasteiger partial charge in [-0.15, -0.1) is 0 Å². The molecule has 9 heteroatoms. The van der Waals surface area contributed by atoms with E-state index in [1.807, 2.05) is 19.9 Å². The molecule has 31 heavy (non-hydrogen) atoms. The Morgan fingerprint density at radius 2 is 1.84 bits per heavy atom. The number of hydrogen-bond donors (Lipinski definition) is 2. The molecule has 2 aromatic rings. The van der Waals surface area contributed by atoms with Gasteiger partial charge in [-0.1, -0.05) is 31.2 Å². The predicted molar refractivity (Wildman–Crippen MR) is 114 cm³/mol. The molecule has 0 radical (unpaired) electrons. The largest absolute Gasteiger partial charge is 0.489 e. The number of benzene rings is 2. The number of sulfonamides is 1. The van der Waals surface area contributed by atoms with Crippen molar-refractivity contribution in [1.29, 1.82) is 0 Å². The number of carbonyl (C=O) groups is 2. The van der Waals surface area contributed by atoms with Gasteiger partial charge in [-0.3, -0.25) is 4.79 Å². The molecule has 1 aliphatic heterocycles. The fourth-order valence-electron chi connectivity index (χ4n) is 3.34. The highest BCUT2D eigenvalue weighted by Crippen LogP contribution is 2.40. The lowest BCUT2D eigenvalue weighted by atomic mass is 9.97. The van der Waals surface area contributed by atoms with Crippen molar-refractivity contribution in [3.05, 3.63) is 59.2 Å². The predicted octanol–water partition coefficient (Wildman–Crippen LogP) is 2.12. The van der Waals surface area contributed by atoms with Crippen LogP contribution in [-0.2, 0) is 26.0 Å². The Labute approximate surface area is 181 Å². The second kappa shape index (κ2) is 9.07. The van der Waals surface area contributed by atoms with Crippen LogP contribution in [-0.4, -0.2) is 39.0 Å². The number of para-hydroxylation sites is 1. The number of primary sulfonamides is 1. The second-order valence-corrected chi connectivity index (χ2v) is 9.17. The summed E-state index contributed by atoms with van der Waals surface area (Å²) in [4.78, 5) is 24.9. The van der Waals surface area contributed by atoms with Crippen molar-refractivity contribution in [2.45, 2.75) is 50.2 Å². The van der Waals surface area contributed by atoms with Crippen molar-refractivity contribution < 1.29 is 27.5 Å². The number of esters is 1. The smallest absolute Gasteiger partial charge is 0.342 e. The highest BCUT2D eigenvalue weighted by molar-refractivity contribution is 7.89. The van der Waals surface area contributed by atoms with Crippen molar-refractivity contribution in [2.75, 3.05) is 6.54 Å². The zero-order valence-corrected chi connectivity index (χ0v) is 18.4. The summed E-state index contributed by atoms with van der Waals surface area (Å²) in [6, 6.07) is 11.4. The Morgan fingerprint density at radius 3 is 2.48 bits per heavy atom. The maximum absolute atomic E-state index is 12.6. The van der Waals surface area contributed by atoms with Crippen molar-refractivity contribution in [2.24, 2.45) is 5.14 Å². The highest BCUT2D eigenvalue weighted by Gasteiger charge is 2.32. The molecule has 0 saturated carbocycles. The van der Waals surface area contributed by atoms with Crippen LogP contribution in [0.3, 0.4) is 0 Å². The Hall–Kier alpha value is -2.91. The van der Waals surface area contributed by atoms with Crippen LogP contribution in [0.15, 0.2) is 47.4 Å². The number of carbonyl (C=O) groups excluding carboxylic acids is 2. The molecule has 0 aliphatic carbocycles. The van der Waals surface area contributed by atoms with Gasteiger partial charge >= 0.3 is 5.97 Å². The third-order valence-corrected chi connectivity index (χ3v) is 6.31. The van der Waals surface area contributed by atoms with Crippen LogP contribution in [0.1, 0.15) is 48.2 Å². The molecule has 1 heterocycles. The second-order valence-electron chi connectivity index (χ2n) is 7.61. The van der Waals surface area contributed by atoms with Gasteiger partial charge in [-0.2, -0.15) is 0 Å². The third kappa shape index (κ3) is 5.23. The van der Waals surface area contributed by atoms with Crippen molar-refractivity contribution in [1.82, 2.24) is 5.32 Å². The molecule has 0 fully saturated rings. The van der Waals surface area contributed by atoms with E-state index in [0.717, 1.165) is 11.1 Å². The molecule has 2 aromatic carbocycles. The molecule has 0 unspecified atom stereocenters. The topological polar surface area (TPSA) is 125 Å². The van der Waals surface area contributed by atoms with E-state index >= 15 is 0 Å². The molecule has 1 aliphatic rings. The number of ether oxygens (including phenoxy) is 2. The Bertz CT molecular complexity index is 1080. The maximum Gasteiger partial charge on any atom is 0.342 e. The fourth-order valence-corrected chi connectivity index (χ4v) is 3.86. The van der Waals surface area contributed by atoms with E-state index in [1.165, 1.54) is 19.1 Å². The van der Waals surface area contributed by atoms with Gasteiger partial charge < -0.3 is 14.8 Å². The number of nitrogens with one attached hydrogen (secondary N) is 1. The van der Waals surface area contributed by atoms with Crippen LogP contribution in [0.2, 0.25) is 0 Å². The first-order valence-electron chi connectivity index (χ1n) is 9.98. The normalized spacial score (nSPS) is 18.6. The van der Waals surface area contributed by atoms with Gasteiger partial charge in [0.25, 0.3) is 5.91 Å². The van der Waals surface area contributed by atoms with Crippen LogP contribution in [0, 0.1) is 0 Å². The fraction of sp³-hybridized carbons (Fsp3) is 0.364. The molecule has 0 aromatic heterocycles. The Balaban J connectivity index is 1.53. The first-order chi connectivity index (χ1) is 14.6. The lowest BCUT2D eigenvalue weighted by Gasteiger charge is -2.15. The summed E-state index contributed by atoms with van der Waals surface area (Å²) in [7, 11) is -3.74. The number of fused-ring (bicyclic) bond motifs is 1. The third-order valence-electron chi connectivity index (χ3n) is 5.38. The van der Waals surface area contributed by atoms with Crippen molar-refractivity contribution in [3.63, 3.8) is 0 Å². The summed E-state index contributed by atoms with van der Waals surface area (Å²) in [5, 5.41) is 7.78. The van der Waals surface area contributed by atoms with Gasteiger partial charge in [0.2, 0.25) is 10.0 Å². The van der Waals surface area contributed by atoms with E-state index in [-0.39, 0.29) is 16.9 Å². The van der Waals surface area contributed by atoms with Gasteiger partial charge in [0.1, 0.15) is 17.4 Å². The molecule has 166 valence electrons. The number of rotatable bonds is 7. The van der Waals surface area contributed by atoms with E-state index in [2.05, 4.69) is 5.32 Å².